The number of benzene rings is 1. The summed E-state index contributed by atoms with van der Waals surface area (Å²) in [6, 6.07) is 9.79. The van der Waals surface area contributed by atoms with Gasteiger partial charge in [-0.3, -0.25) is 4.57 Å². The van der Waals surface area contributed by atoms with Crippen LogP contribution in [0.15, 0.2) is 30.3 Å². The summed E-state index contributed by atoms with van der Waals surface area (Å²) in [5.74, 6) is 0. The van der Waals surface area contributed by atoms with Gasteiger partial charge in [0.1, 0.15) is 0 Å². The fourth-order valence-corrected chi connectivity index (χ4v) is 5.95. The quantitative estimate of drug-likeness (QED) is 0.0631. The van der Waals surface area contributed by atoms with Crippen LogP contribution in [0.3, 0.4) is 0 Å². The minimum Gasteiger partial charge on any atom is -0.257 e. The van der Waals surface area contributed by atoms with Gasteiger partial charge in [0.15, 0.2) is 0 Å². The third kappa shape index (κ3) is 21.9. The summed E-state index contributed by atoms with van der Waals surface area (Å²) in [4.78, 5) is 0. The summed E-state index contributed by atoms with van der Waals surface area (Å²) in [7, 11) is -3.32. The molecule has 0 aliphatic rings. The topological polar surface area (TPSA) is 59.6 Å². The Morgan fingerprint density at radius 2 is 0.892 bits per heavy atom. The van der Waals surface area contributed by atoms with Crippen molar-refractivity contribution in [2.75, 3.05) is 13.1 Å². The molecule has 1 aromatic carbocycles. The van der Waals surface area contributed by atoms with Gasteiger partial charge in [-0.05, 0) is 18.4 Å². The van der Waals surface area contributed by atoms with Gasteiger partial charge >= 0.3 is 7.60 Å². The molecule has 0 aliphatic carbocycles. The van der Waals surface area contributed by atoms with Crippen molar-refractivity contribution in [2.45, 2.75) is 148 Å². The molecule has 2 N–H and O–H groups in total. The maximum absolute atomic E-state index is 13.4. The second kappa shape index (κ2) is 25.6. The molecule has 0 heterocycles. The third-order valence-corrected chi connectivity index (χ3v) is 8.46. The van der Waals surface area contributed by atoms with Crippen molar-refractivity contribution in [3.05, 3.63) is 35.9 Å². The van der Waals surface area contributed by atoms with E-state index in [9.17, 15) is 4.57 Å². The van der Waals surface area contributed by atoms with E-state index >= 15 is 0 Å². The molecule has 0 fully saturated rings. The van der Waals surface area contributed by atoms with E-state index in [1.165, 1.54) is 116 Å². The molecular weight excluding hydrogens is 479 g/mol. The van der Waals surface area contributed by atoms with Crippen molar-refractivity contribution >= 4 is 7.60 Å². The Morgan fingerprint density at radius 1 is 0.541 bits per heavy atom. The molecule has 0 unspecified atom stereocenters. The highest BCUT2D eigenvalue weighted by Crippen LogP contribution is 2.49. The fraction of sp³-hybridized carbons (Fsp3) is 0.806. The largest absolute Gasteiger partial charge is 0.367 e. The Balaban J connectivity index is 2.16. The van der Waals surface area contributed by atoms with Gasteiger partial charge in [0.2, 0.25) is 0 Å². The minimum atomic E-state index is -3.32. The Bertz CT molecular complexity index is 613. The standard InChI is InChI=1S/C31H59N2O3P/c1-3-5-7-9-11-13-15-17-19-24-28-32-35-37(34,30-31-26-22-21-23-27-31)36-33-29-25-20-18-16-14-12-10-8-6-4-2/h21-23,26-27,32-33H,3-20,24-25,28-30H2,1-2H3. The van der Waals surface area contributed by atoms with Crippen LogP contribution in [-0.2, 0) is 20.0 Å². The SMILES string of the molecule is CCCCCCCCCCCCNOP(=O)(Cc1ccccc1)ONCCCCCCCCCCCC. The highest BCUT2D eigenvalue weighted by atomic mass is 31.2. The number of hydrogen-bond acceptors (Lipinski definition) is 5. The van der Waals surface area contributed by atoms with Crippen molar-refractivity contribution in [3.8, 4) is 0 Å². The van der Waals surface area contributed by atoms with Crippen molar-refractivity contribution in [1.82, 2.24) is 11.0 Å². The predicted octanol–water partition coefficient (Wildman–Crippen LogP) is 10.3. The van der Waals surface area contributed by atoms with Crippen molar-refractivity contribution < 1.29 is 13.8 Å². The second-order valence-electron chi connectivity index (χ2n) is 10.6. The van der Waals surface area contributed by atoms with E-state index < -0.39 is 7.60 Å². The maximum Gasteiger partial charge on any atom is 0.367 e. The first kappa shape index (κ1) is 34.3. The molecule has 0 saturated heterocycles. The highest BCUT2D eigenvalue weighted by Gasteiger charge is 2.26. The molecule has 6 heteroatoms. The van der Waals surface area contributed by atoms with E-state index in [1.807, 2.05) is 30.3 Å². The molecule has 0 bridgehead atoms. The van der Waals surface area contributed by atoms with Gasteiger partial charge in [-0.15, -0.1) is 0 Å². The van der Waals surface area contributed by atoms with Crippen LogP contribution in [0, 0.1) is 0 Å². The average Bonchev–Trinajstić information content (AvgIpc) is 2.90. The molecule has 0 saturated carbocycles. The lowest BCUT2D eigenvalue weighted by molar-refractivity contribution is 0.0984. The van der Waals surface area contributed by atoms with Crippen molar-refractivity contribution in [2.24, 2.45) is 0 Å². The summed E-state index contributed by atoms with van der Waals surface area (Å²) >= 11 is 0. The van der Waals surface area contributed by atoms with Crippen LogP contribution in [0.25, 0.3) is 0 Å². The van der Waals surface area contributed by atoms with Crippen LogP contribution in [0.1, 0.15) is 148 Å². The first-order valence-corrected chi connectivity index (χ1v) is 17.4. The summed E-state index contributed by atoms with van der Waals surface area (Å²) in [5, 5.41) is 0. The van der Waals surface area contributed by atoms with Crippen molar-refractivity contribution in [1.29, 1.82) is 0 Å². The number of hydroxylamine groups is 2. The first-order valence-electron chi connectivity index (χ1n) is 15.7. The summed E-state index contributed by atoms with van der Waals surface area (Å²) in [5.41, 5.74) is 6.82. The van der Waals surface area contributed by atoms with Crippen LogP contribution in [0.2, 0.25) is 0 Å². The van der Waals surface area contributed by atoms with Crippen LogP contribution in [0.4, 0.5) is 0 Å². The summed E-state index contributed by atoms with van der Waals surface area (Å²) in [6.07, 6.45) is 26.1. The summed E-state index contributed by atoms with van der Waals surface area (Å²) in [6.45, 7) is 5.91. The molecule has 216 valence electrons. The first-order chi connectivity index (χ1) is 18.2. The molecule has 37 heavy (non-hydrogen) atoms. The molecular formula is C31H59N2O3P. The number of hydrogen-bond donors (Lipinski definition) is 2. The molecule has 0 spiro atoms. The van der Waals surface area contributed by atoms with Gasteiger partial charge in [0.25, 0.3) is 0 Å². The highest BCUT2D eigenvalue weighted by molar-refractivity contribution is 7.52. The molecule has 5 nitrogen and oxygen atoms in total. The van der Waals surface area contributed by atoms with Gasteiger partial charge in [-0.25, -0.2) is 9.25 Å². The van der Waals surface area contributed by atoms with Gasteiger partial charge in [-0.1, -0.05) is 160 Å². The molecule has 1 rings (SSSR count). The summed E-state index contributed by atoms with van der Waals surface area (Å²) < 4.78 is 24.7. The van der Waals surface area contributed by atoms with E-state index in [1.54, 1.807) is 0 Å². The van der Waals surface area contributed by atoms with E-state index in [-0.39, 0.29) is 6.16 Å². The van der Waals surface area contributed by atoms with E-state index in [2.05, 4.69) is 24.8 Å². The third-order valence-electron chi connectivity index (χ3n) is 6.89. The molecule has 0 radical (unpaired) electrons. The van der Waals surface area contributed by atoms with Gasteiger partial charge in [0.05, 0.1) is 6.16 Å². The fourth-order valence-electron chi connectivity index (χ4n) is 4.55. The average molecular weight is 539 g/mol. The Labute approximate surface area is 229 Å². The van der Waals surface area contributed by atoms with E-state index in [0.717, 1.165) is 18.4 Å². The van der Waals surface area contributed by atoms with Crippen LogP contribution in [0.5, 0.6) is 0 Å². The van der Waals surface area contributed by atoms with E-state index in [0.29, 0.717) is 13.1 Å². The molecule has 1 aromatic rings. The van der Waals surface area contributed by atoms with E-state index in [4.69, 9.17) is 9.25 Å². The van der Waals surface area contributed by atoms with Crippen LogP contribution in [-0.4, -0.2) is 13.1 Å². The Kier molecular flexibility index (Phi) is 23.7. The van der Waals surface area contributed by atoms with Gasteiger partial charge < -0.3 is 0 Å². The van der Waals surface area contributed by atoms with Gasteiger partial charge in [-0.2, -0.15) is 11.0 Å². The number of nitrogens with one attached hydrogen (secondary N) is 2. The zero-order valence-corrected chi connectivity index (χ0v) is 25.2. The zero-order chi connectivity index (χ0) is 26.7. The number of unbranched alkanes of at least 4 members (excludes halogenated alkanes) is 18. The lowest BCUT2D eigenvalue weighted by atomic mass is 10.1. The van der Waals surface area contributed by atoms with Gasteiger partial charge in [0, 0.05) is 13.1 Å². The second-order valence-corrected chi connectivity index (χ2v) is 12.5. The van der Waals surface area contributed by atoms with Crippen molar-refractivity contribution in [3.63, 3.8) is 0 Å². The monoisotopic (exact) mass is 538 g/mol. The Morgan fingerprint density at radius 3 is 1.27 bits per heavy atom. The van der Waals surface area contributed by atoms with Crippen LogP contribution >= 0.6 is 7.60 Å². The lowest BCUT2D eigenvalue weighted by Gasteiger charge is -2.19. The molecule has 0 aliphatic heterocycles. The molecule has 0 aromatic heterocycles. The van der Waals surface area contributed by atoms with Crippen LogP contribution < -0.4 is 11.0 Å². The number of rotatable bonds is 28. The lowest BCUT2D eigenvalue weighted by Crippen LogP contribution is -2.21. The maximum atomic E-state index is 13.4. The smallest absolute Gasteiger partial charge is 0.257 e. The normalized spacial score (nSPS) is 11.8. The minimum absolute atomic E-state index is 0.254. The molecule has 0 atom stereocenters. The Hall–Kier alpha value is -0.710. The predicted molar refractivity (Wildman–Crippen MR) is 160 cm³/mol. The molecule has 0 amide bonds. The zero-order valence-electron chi connectivity index (χ0n) is 24.3.